The zero-order valence-corrected chi connectivity index (χ0v) is 11.1. The van der Waals surface area contributed by atoms with Crippen molar-refractivity contribution < 1.29 is 4.79 Å². The topological polar surface area (TPSA) is 35.6 Å². The SMILES string of the molecule is CN1C(=O)C(N2CCNCC2)c2ccc(Cl)cc21. The number of anilines is 1. The van der Waals surface area contributed by atoms with Crippen LogP contribution in [0.4, 0.5) is 5.69 Å². The van der Waals surface area contributed by atoms with Gasteiger partial charge in [0.05, 0.1) is 5.69 Å². The molecule has 1 aromatic carbocycles. The van der Waals surface area contributed by atoms with Crippen molar-refractivity contribution in [2.75, 3.05) is 38.1 Å². The van der Waals surface area contributed by atoms with Crippen molar-refractivity contribution in [2.24, 2.45) is 0 Å². The van der Waals surface area contributed by atoms with Gasteiger partial charge in [-0.2, -0.15) is 0 Å². The molecule has 18 heavy (non-hydrogen) atoms. The fourth-order valence-electron chi connectivity index (χ4n) is 2.77. The lowest BCUT2D eigenvalue weighted by Gasteiger charge is -2.31. The quantitative estimate of drug-likeness (QED) is 0.831. The number of halogens is 1. The predicted molar refractivity (Wildman–Crippen MR) is 72.0 cm³/mol. The first-order valence-corrected chi connectivity index (χ1v) is 6.58. The Kier molecular flexibility index (Phi) is 3.01. The van der Waals surface area contributed by atoms with Crippen LogP contribution in [0.25, 0.3) is 0 Å². The molecular weight excluding hydrogens is 250 g/mol. The first-order chi connectivity index (χ1) is 8.68. The minimum absolute atomic E-state index is 0.135. The summed E-state index contributed by atoms with van der Waals surface area (Å²) in [7, 11) is 1.82. The minimum Gasteiger partial charge on any atom is -0.314 e. The number of piperazine rings is 1. The summed E-state index contributed by atoms with van der Waals surface area (Å²) in [6.07, 6.45) is 0. The zero-order valence-electron chi connectivity index (χ0n) is 10.3. The van der Waals surface area contributed by atoms with Crippen LogP contribution in [0.5, 0.6) is 0 Å². The molecule has 0 saturated carbocycles. The molecule has 3 rings (SSSR count). The molecule has 1 amide bonds. The highest BCUT2D eigenvalue weighted by Gasteiger charge is 2.39. The Morgan fingerprint density at radius 1 is 1.33 bits per heavy atom. The van der Waals surface area contributed by atoms with Gasteiger partial charge in [-0.15, -0.1) is 0 Å². The lowest BCUT2D eigenvalue weighted by atomic mass is 10.1. The van der Waals surface area contributed by atoms with E-state index in [1.165, 1.54) is 0 Å². The van der Waals surface area contributed by atoms with Crippen LogP contribution in [-0.2, 0) is 4.79 Å². The summed E-state index contributed by atoms with van der Waals surface area (Å²) >= 11 is 6.01. The van der Waals surface area contributed by atoms with Gasteiger partial charge in [0.2, 0.25) is 5.91 Å². The average molecular weight is 266 g/mol. The lowest BCUT2D eigenvalue weighted by Crippen LogP contribution is -2.47. The Morgan fingerprint density at radius 2 is 2.06 bits per heavy atom. The Morgan fingerprint density at radius 3 is 2.78 bits per heavy atom. The molecule has 96 valence electrons. The number of hydrogen-bond donors (Lipinski definition) is 1. The van der Waals surface area contributed by atoms with Gasteiger partial charge in [0.1, 0.15) is 6.04 Å². The van der Waals surface area contributed by atoms with Gasteiger partial charge in [-0.05, 0) is 12.1 Å². The van der Waals surface area contributed by atoms with Crippen LogP contribution in [0.15, 0.2) is 18.2 Å². The number of carbonyl (C=O) groups excluding carboxylic acids is 1. The number of nitrogens with one attached hydrogen (secondary N) is 1. The van der Waals surface area contributed by atoms with Crippen molar-refractivity contribution in [3.05, 3.63) is 28.8 Å². The van der Waals surface area contributed by atoms with Gasteiger partial charge in [-0.1, -0.05) is 17.7 Å². The van der Waals surface area contributed by atoms with E-state index in [2.05, 4.69) is 10.2 Å². The van der Waals surface area contributed by atoms with E-state index in [1.54, 1.807) is 4.90 Å². The van der Waals surface area contributed by atoms with Crippen LogP contribution >= 0.6 is 11.6 Å². The second-order valence-electron chi connectivity index (χ2n) is 4.79. The summed E-state index contributed by atoms with van der Waals surface area (Å²) in [5.41, 5.74) is 2.02. The van der Waals surface area contributed by atoms with E-state index in [-0.39, 0.29) is 11.9 Å². The molecule has 0 bridgehead atoms. The van der Waals surface area contributed by atoms with Crippen molar-refractivity contribution in [2.45, 2.75) is 6.04 Å². The minimum atomic E-state index is -0.135. The molecule has 1 atom stereocenters. The molecule has 2 aliphatic heterocycles. The first-order valence-electron chi connectivity index (χ1n) is 6.20. The van der Waals surface area contributed by atoms with Gasteiger partial charge in [0, 0.05) is 43.8 Å². The average Bonchev–Trinajstić information content (AvgIpc) is 2.64. The number of amides is 1. The maximum Gasteiger partial charge on any atom is 0.248 e. The van der Waals surface area contributed by atoms with E-state index in [1.807, 2.05) is 25.2 Å². The monoisotopic (exact) mass is 265 g/mol. The van der Waals surface area contributed by atoms with E-state index >= 15 is 0 Å². The molecule has 0 spiro atoms. The molecule has 1 aromatic rings. The molecule has 0 aliphatic carbocycles. The molecule has 1 N–H and O–H groups in total. The number of hydrogen-bond acceptors (Lipinski definition) is 3. The van der Waals surface area contributed by atoms with E-state index in [0.717, 1.165) is 37.4 Å². The van der Waals surface area contributed by atoms with E-state index in [9.17, 15) is 4.79 Å². The predicted octanol–water partition coefficient (Wildman–Crippen LogP) is 1.26. The summed E-state index contributed by atoms with van der Waals surface area (Å²) in [5, 5.41) is 3.98. The standard InChI is InChI=1S/C13H16ClN3O/c1-16-11-8-9(14)2-3-10(11)12(13(16)18)17-6-4-15-5-7-17/h2-3,8,12,15H,4-7H2,1H3. The number of rotatable bonds is 1. The highest BCUT2D eigenvalue weighted by molar-refractivity contribution is 6.31. The molecule has 1 fully saturated rings. The molecule has 1 saturated heterocycles. The number of fused-ring (bicyclic) bond motifs is 1. The van der Waals surface area contributed by atoms with Crippen LogP contribution in [0.2, 0.25) is 5.02 Å². The van der Waals surface area contributed by atoms with Crippen LogP contribution < -0.4 is 10.2 Å². The Hall–Kier alpha value is -1.10. The molecule has 2 heterocycles. The molecule has 0 aromatic heterocycles. The van der Waals surface area contributed by atoms with E-state index in [4.69, 9.17) is 11.6 Å². The van der Waals surface area contributed by atoms with Gasteiger partial charge in [0.15, 0.2) is 0 Å². The van der Waals surface area contributed by atoms with Gasteiger partial charge >= 0.3 is 0 Å². The van der Waals surface area contributed by atoms with E-state index in [0.29, 0.717) is 5.02 Å². The van der Waals surface area contributed by atoms with Crippen molar-refractivity contribution in [1.29, 1.82) is 0 Å². The normalized spacial score (nSPS) is 24.4. The Bertz CT molecular complexity index is 485. The molecule has 5 heteroatoms. The summed E-state index contributed by atoms with van der Waals surface area (Å²) in [4.78, 5) is 16.4. The van der Waals surface area contributed by atoms with Crippen molar-refractivity contribution in [3.8, 4) is 0 Å². The molecular formula is C13H16ClN3O. The third-order valence-electron chi connectivity index (χ3n) is 3.73. The van der Waals surface area contributed by atoms with E-state index < -0.39 is 0 Å². The Balaban J connectivity index is 1.98. The van der Waals surface area contributed by atoms with Gasteiger partial charge < -0.3 is 10.2 Å². The maximum atomic E-state index is 12.4. The third kappa shape index (κ3) is 1.81. The van der Waals surface area contributed by atoms with Crippen molar-refractivity contribution in [1.82, 2.24) is 10.2 Å². The summed E-state index contributed by atoms with van der Waals surface area (Å²) in [6.45, 7) is 3.70. The zero-order chi connectivity index (χ0) is 12.7. The highest BCUT2D eigenvalue weighted by atomic mass is 35.5. The second-order valence-corrected chi connectivity index (χ2v) is 5.23. The summed E-state index contributed by atoms with van der Waals surface area (Å²) in [5.74, 6) is 0.147. The van der Waals surface area contributed by atoms with Crippen LogP contribution in [0, 0.1) is 0 Å². The highest BCUT2D eigenvalue weighted by Crippen LogP contribution is 2.39. The fourth-order valence-corrected chi connectivity index (χ4v) is 2.93. The molecule has 4 nitrogen and oxygen atoms in total. The van der Waals surface area contributed by atoms with Crippen LogP contribution in [-0.4, -0.2) is 44.0 Å². The van der Waals surface area contributed by atoms with Crippen molar-refractivity contribution in [3.63, 3.8) is 0 Å². The summed E-state index contributed by atoms with van der Waals surface area (Å²) < 4.78 is 0. The second kappa shape index (κ2) is 4.53. The maximum absolute atomic E-state index is 12.4. The fraction of sp³-hybridized carbons (Fsp3) is 0.462. The number of likely N-dealkylation sites (N-methyl/N-ethyl adjacent to an activating group) is 1. The number of nitrogens with zero attached hydrogens (tertiary/aromatic N) is 2. The number of benzene rings is 1. The van der Waals surface area contributed by atoms with Gasteiger partial charge in [-0.25, -0.2) is 0 Å². The van der Waals surface area contributed by atoms with Gasteiger partial charge in [0.25, 0.3) is 0 Å². The molecule has 1 unspecified atom stereocenters. The third-order valence-corrected chi connectivity index (χ3v) is 3.96. The first kappa shape index (κ1) is 12.0. The summed E-state index contributed by atoms with van der Waals surface area (Å²) in [6, 6.07) is 5.58. The Labute approximate surface area is 112 Å². The lowest BCUT2D eigenvalue weighted by molar-refractivity contribution is -0.123. The smallest absolute Gasteiger partial charge is 0.248 e. The molecule has 2 aliphatic rings. The molecule has 0 radical (unpaired) electrons. The van der Waals surface area contributed by atoms with Crippen LogP contribution in [0.1, 0.15) is 11.6 Å². The van der Waals surface area contributed by atoms with Crippen molar-refractivity contribution >= 4 is 23.2 Å². The largest absolute Gasteiger partial charge is 0.314 e. The number of carbonyl (C=O) groups is 1. The van der Waals surface area contributed by atoms with Gasteiger partial charge in [-0.3, -0.25) is 9.69 Å². The van der Waals surface area contributed by atoms with Crippen LogP contribution in [0.3, 0.4) is 0 Å².